The summed E-state index contributed by atoms with van der Waals surface area (Å²) < 4.78 is 5.33. The lowest BCUT2D eigenvalue weighted by Gasteiger charge is -2.42. The van der Waals surface area contributed by atoms with Crippen molar-refractivity contribution in [1.82, 2.24) is 4.90 Å². The summed E-state index contributed by atoms with van der Waals surface area (Å²) in [5.74, 6) is 0.0360. The van der Waals surface area contributed by atoms with Crippen molar-refractivity contribution in [3.05, 3.63) is 35.9 Å². The minimum absolute atomic E-state index is 0.0335. The van der Waals surface area contributed by atoms with E-state index < -0.39 is 11.5 Å². The molecule has 2 atom stereocenters. The maximum atomic E-state index is 12.9. The number of rotatable bonds is 3. The number of carbonyl (C=O) groups excluding carboxylic acids is 1. The molecule has 0 saturated carbocycles. The van der Waals surface area contributed by atoms with E-state index in [1.807, 2.05) is 30.3 Å². The number of benzene rings is 1. The Balaban J connectivity index is 1.68. The molecule has 0 aromatic heterocycles. The van der Waals surface area contributed by atoms with Crippen molar-refractivity contribution in [1.29, 1.82) is 0 Å². The summed E-state index contributed by atoms with van der Waals surface area (Å²) in [7, 11) is 0. The van der Waals surface area contributed by atoms with E-state index >= 15 is 0 Å². The quantitative estimate of drug-likeness (QED) is 0.877. The van der Waals surface area contributed by atoms with Crippen LogP contribution in [0.15, 0.2) is 30.3 Å². The first-order valence-electron chi connectivity index (χ1n) is 8.37. The van der Waals surface area contributed by atoms with Crippen LogP contribution in [-0.2, 0) is 9.53 Å². The molecule has 0 spiro atoms. The number of aliphatic hydroxyl groups excluding tert-OH is 2. The Bertz CT molecular complexity index is 527. The van der Waals surface area contributed by atoms with Crippen LogP contribution >= 0.6 is 0 Å². The lowest BCUT2D eigenvalue weighted by Crippen LogP contribution is -2.54. The zero-order valence-corrected chi connectivity index (χ0v) is 13.4. The predicted molar refractivity (Wildman–Crippen MR) is 86.0 cm³/mol. The van der Waals surface area contributed by atoms with E-state index in [2.05, 4.69) is 0 Å². The van der Waals surface area contributed by atoms with Gasteiger partial charge in [0.2, 0.25) is 5.91 Å². The minimum atomic E-state index is -0.725. The molecule has 0 radical (unpaired) electrons. The lowest BCUT2D eigenvalue weighted by molar-refractivity contribution is -0.155. The summed E-state index contributed by atoms with van der Waals surface area (Å²) in [6.45, 7) is 1.83. The third-order valence-corrected chi connectivity index (χ3v) is 5.30. The highest BCUT2D eigenvalue weighted by atomic mass is 16.5. The van der Waals surface area contributed by atoms with Gasteiger partial charge in [-0.1, -0.05) is 30.3 Å². The Morgan fingerprint density at radius 1 is 1.26 bits per heavy atom. The number of ether oxygens (including phenoxy) is 1. The number of piperidine rings is 1. The van der Waals surface area contributed by atoms with E-state index in [1.165, 1.54) is 0 Å². The largest absolute Gasteiger partial charge is 0.395 e. The molecular weight excluding hydrogens is 294 g/mol. The number of hydrogen-bond acceptors (Lipinski definition) is 4. The number of β-amino-alcohol motifs (C(OH)–C–C–N with tert-alkyl or cyclic N) is 1. The number of aliphatic hydroxyl groups is 2. The molecule has 2 heterocycles. The van der Waals surface area contributed by atoms with E-state index in [1.54, 1.807) is 4.90 Å². The Kier molecular flexibility index (Phi) is 4.99. The molecule has 0 unspecified atom stereocenters. The molecule has 2 aliphatic heterocycles. The Morgan fingerprint density at radius 2 is 1.96 bits per heavy atom. The van der Waals surface area contributed by atoms with Gasteiger partial charge in [0.1, 0.15) is 0 Å². The van der Waals surface area contributed by atoms with Crippen LogP contribution in [-0.4, -0.2) is 60.0 Å². The van der Waals surface area contributed by atoms with Gasteiger partial charge >= 0.3 is 0 Å². The Morgan fingerprint density at radius 3 is 2.57 bits per heavy atom. The van der Waals surface area contributed by atoms with Gasteiger partial charge in [-0.05, 0) is 24.8 Å². The van der Waals surface area contributed by atoms with Crippen LogP contribution in [0.1, 0.15) is 30.7 Å². The second-order valence-corrected chi connectivity index (χ2v) is 6.68. The normalized spacial score (nSPS) is 27.7. The monoisotopic (exact) mass is 319 g/mol. The van der Waals surface area contributed by atoms with Gasteiger partial charge in [-0.3, -0.25) is 4.79 Å². The maximum Gasteiger partial charge on any atom is 0.231 e. The average Bonchev–Trinajstić information content (AvgIpc) is 2.62. The minimum Gasteiger partial charge on any atom is -0.395 e. The first-order chi connectivity index (χ1) is 11.2. The van der Waals surface area contributed by atoms with Crippen molar-refractivity contribution in [3.8, 4) is 0 Å². The van der Waals surface area contributed by atoms with Crippen LogP contribution < -0.4 is 0 Å². The van der Waals surface area contributed by atoms with Crippen molar-refractivity contribution in [2.24, 2.45) is 5.41 Å². The molecule has 0 aliphatic carbocycles. The fraction of sp³-hybridized carbons (Fsp3) is 0.611. The molecule has 1 aromatic rings. The number of likely N-dealkylation sites (tertiary alicyclic amines) is 1. The molecule has 1 amide bonds. The molecule has 2 N–H and O–H groups in total. The van der Waals surface area contributed by atoms with E-state index in [4.69, 9.17) is 4.74 Å². The summed E-state index contributed by atoms with van der Waals surface area (Å²) in [5, 5.41) is 20.3. The van der Waals surface area contributed by atoms with E-state index in [0.717, 1.165) is 12.0 Å². The Labute approximate surface area is 136 Å². The standard InChI is InChI=1S/C18H25NO4/c20-13-18(7-10-23-11-8-18)17(22)19-9-6-15(16(21)12-19)14-4-2-1-3-5-14/h1-5,15-16,20-21H,6-13H2/t15-,16+/m0/s1. The van der Waals surface area contributed by atoms with Gasteiger partial charge in [-0.25, -0.2) is 0 Å². The second kappa shape index (κ2) is 6.99. The van der Waals surface area contributed by atoms with E-state index in [-0.39, 0.29) is 18.4 Å². The van der Waals surface area contributed by atoms with Crippen molar-refractivity contribution < 1.29 is 19.7 Å². The summed E-state index contributed by atoms with van der Waals surface area (Å²) in [5.41, 5.74) is 0.396. The van der Waals surface area contributed by atoms with E-state index in [0.29, 0.717) is 39.1 Å². The number of nitrogens with zero attached hydrogens (tertiary/aromatic N) is 1. The predicted octanol–water partition coefficient (Wildman–Crippen LogP) is 1.15. The van der Waals surface area contributed by atoms with Crippen molar-refractivity contribution in [3.63, 3.8) is 0 Å². The topological polar surface area (TPSA) is 70.0 Å². The summed E-state index contributed by atoms with van der Waals surface area (Å²) in [6, 6.07) is 9.97. The van der Waals surface area contributed by atoms with Gasteiger partial charge in [0.05, 0.1) is 18.1 Å². The lowest BCUT2D eigenvalue weighted by atomic mass is 9.78. The average molecular weight is 319 g/mol. The first-order valence-corrected chi connectivity index (χ1v) is 8.37. The van der Waals surface area contributed by atoms with Gasteiger partial charge in [0, 0.05) is 32.2 Å². The van der Waals surface area contributed by atoms with Crippen LogP contribution in [0.4, 0.5) is 0 Å². The van der Waals surface area contributed by atoms with Gasteiger partial charge in [0.15, 0.2) is 0 Å². The third-order valence-electron chi connectivity index (χ3n) is 5.30. The Hall–Kier alpha value is -1.43. The molecular formula is C18H25NO4. The molecule has 2 fully saturated rings. The first kappa shape index (κ1) is 16.4. The van der Waals surface area contributed by atoms with Crippen molar-refractivity contribution in [2.45, 2.75) is 31.3 Å². The third kappa shape index (κ3) is 3.27. The van der Waals surface area contributed by atoms with Gasteiger partial charge in [-0.15, -0.1) is 0 Å². The molecule has 0 bridgehead atoms. The summed E-state index contributed by atoms with van der Waals surface area (Å²) in [6.07, 6.45) is 1.29. The second-order valence-electron chi connectivity index (χ2n) is 6.68. The number of hydrogen-bond donors (Lipinski definition) is 2. The molecule has 2 saturated heterocycles. The zero-order valence-electron chi connectivity index (χ0n) is 13.4. The molecule has 1 aromatic carbocycles. The zero-order chi connectivity index (χ0) is 16.3. The van der Waals surface area contributed by atoms with Crippen LogP contribution in [0.25, 0.3) is 0 Å². The molecule has 5 heteroatoms. The highest BCUT2D eigenvalue weighted by Gasteiger charge is 2.44. The number of carbonyl (C=O) groups is 1. The van der Waals surface area contributed by atoms with Crippen LogP contribution in [0.3, 0.4) is 0 Å². The van der Waals surface area contributed by atoms with Gasteiger partial charge in [0.25, 0.3) is 0 Å². The van der Waals surface area contributed by atoms with Crippen molar-refractivity contribution in [2.75, 3.05) is 32.9 Å². The summed E-state index contributed by atoms with van der Waals surface area (Å²) >= 11 is 0. The van der Waals surface area contributed by atoms with Crippen molar-refractivity contribution >= 4 is 5.91 Å². The summed E-state index contributed by atoms with van der Waals surface area (Å²) in [4.78, 5) is 14.6. The maximum absolute atomic E-state index is 12.9. The van der Waals surface area contributed by atoms with E-state index in [9.17, 15) is 15.0 Å². The smallest absolute Gasteiger partial charge is 0.231 e. The fourth-order valence-electron chi connectivity index (χ4n) is 3.74. The van der Waals surface area contributed by atoms with Gasteiger partial charge in [-0.2, -0.15) is 0 Å². The molecule has 2 aliphatic rings. The molecule has 126 valence electrons. The van der Waals surface area contributed by atoms with Gasteiger partial charge < -0.3 is 19.8 Å². The molecule has 3 rings (SSSR count). The van der Waals surface area contributed by atoms with Crippen LogP contribution in [0.2, 0.25) is 0 Å². The molecule has 23 heavy (non-hydrogen) atoms. The highest BCUT2D eigenvalue weighted by Crippen LogP contribution is 2.35. The van der Waals surface area contributed by atoms with Crippen LogP contribution in [0.5, 0.6) is 0 Å². The number of amides is 1. The van der Waals surface area contributed by atoms with Crippen LogP contribution in [0, 0.1) is 5.41 Å². The SMILES string of the molecule is O=C(N1CC[C@@H](c2ccccc2)[C@H](O)C1)C1(CO)CCOCC1. The fourth-order valence-corrected chi connectivity index (χ4v) is 3.74. The highest BCUT2D eigenvalue weighted by molar-refractivity contribution is 5.83. The molecule has 5 nitrogen and oxygen atoms in total.